The van der Waals surface area contributed by atoms with Crippen LogP contribution in [-0.4, -0.2) is 30.2 Å². The molecule has 0 radical (unpaired) electrons. The van der Waals surface area contributed by atoms with Crippen LogP contribution in [0.2, 0.25) is 0 Å². The first-order valence-corrected chi connectivity index (χ1v) is 7.88. The second-order valence-electron chi connectivity index (χ2n) is 4.09. The number of nitrogens with zero attached hydrogens (tertiary/aromatic N) is 1. The zero-order chi connectivity index (χ0) is 12.7. The summed E-state index contributed by atoms with van der Waals surface area (Å²) in [4.78, 5) is 14.7. The molecule has 1 aromatic heterocycles. The molecule has 0 aliphatic heterocycles. The summed E-state index contributed by atoms with van der Waals surface area (Å²) < 4.78 is 23.3. The van der Waals surface area contributed by atoms with Crippen molar-refractivity contribution in [3.05, 3.63) is 16.1 Å². The molecule has 0 spiro atoms. The van der Waals surface area contributed by atoms with Gasteiger partial charge in [0.25, 0.3) is 0 Å². The number of carbonyl (C=O) groups is 1. The van der Waals surface area contributed by atoms with Gasteiger partial charge in [-0.2, -0.15) is 0 Å². The van der Waals surface area contributed by atoms with Crippen molar-refractivity contribution in [2.75, 3.05) is 5.75 Å². The van der Waals surface area contributed by atoms with Crippen molar-refractivity contribution in [1.82, 2.24) is 4.98 Å². The van der Waals surface area contributed by atoms with E-state index >= 15 is 0 Å². The van der Waals surface area contributed by atoms with Gasteiger partial charge in [-0.1, -0.05) is 6.92 Å². The van der Waals surface area contributed by atoms with Crippen LogP contribution < -0.4 is 0 Å². The molecule has 0 aromatic carbocycles. The van der Waals surface area contributed by atoms with Gasteiger partial charge in [0.15, 0.2) is 15.5 Å². The molecule has 1 heterocycles. The minimum Gasteiger partial charge on any atom is -0.476 e. The predicted octanol–water partition coefficient (Wildman–Crippen LogP) is 1.66. The van der Waals surface area contributed by atoms with Gasteiger partial charge in [-0.15, -0.1) is 11.3 Å². The van der Waals surface area contributed by atoms with Gasteiger partial charge >= 0.3 is 5.97 Å². The van der Waals surface area contributed by atoms with E-state index in [0.717, 1.165) is 17.8 Å². The highest BCUT2D eigenvalue weighted by molar-refractivity contribution is 7.92. The number of carboxylic acid groups (broad SMARTS) is 1. The molecule has 1 fully saturated rings. The van der Waals surface area contributed by atoms with E-state index in [9.17, 15) is 13.2 Å². The van der Waals surface area contributed by atoms with Crippen molar-refractivity contribution in [2.24, 2.45) is 0 Å². The first kappa shape index (κ1) is 12.5. The van der Waals surface area contributed by atoms with E-state index in [4.69, 9.17) is 5.11 Å². The third kappa shape index (κ3) is 1.77. The molecular formula is C10H13NO4S2. The quantitative estimate of drug-likeness (QED) is 0.903. The van der Waals surface area contributed by atoms with Gasteiger partial charge in [0.05, 0.1) is 0 Å². The Morgan fingerprint density at radius 3 is 2.59 bits per heavy atom. The Kier molecular flexibility index (Phi) is 2.99. The van der Waals surface area contributed by atoms with E-state index < -0.39 is 20.6 Å². The SMILES string of the molecule is CCS(=O)(=O)C1(c2nc(C(=O)O)cs2)CCC1. The zero-order valence-electron chi connectivity index (χ0n) is 9.34. The molecule has 0 saturated heterocycles. The van der Waals surface area contributed by atoms with Gasteiger partial charge in [-0.3, -0.25) is 0 Å². The van der Waals surface area contributed by atoms with E-state index in [1.165, 1.54) is 5.38 Å². The molecule has 1 aliphatic rings. The molecule has 94 valence electrons. The maximum Gasteiger partial charge on any atom is 0.355 e. The van der Waals surface area contributed by atoms with Gasteiger partial charge in [0.2, 0.25) is 0 Å². The summed E-state index contributed by atoms with van der Waals surface area (Å²) in [6.07, 6.45) is 1.95. The molecule has 7 heteroatoms. The van der Waals surface area contributed by atoms with E-state index in [2.05, 4.69) is 4.98 Å². The summed E-state index contributed by atoms with van der Waals surface area (Å²) in [5.74, 6) is -1.05. The fraction of sp³-hybridized carbons (Fsp3) is 0.600. The second-order valence-corrected chi connectivity index (χ2v) is 7.54. The van der Waals surface area contributed by atoms with Crippen LogP contribution in [0, 0.1) is 0 Å². The molecule has 5 nitrogen and oxygen atoms in total. The molecule has 0 amide bonds. The zero-order valence-corrected chi connectivity index (χ0v) is 11.0. The van der Waals surface area contributed by atoms with Crippen LogP contribution in [0.3, 0.4) is 0 Å². The Bertz CT molecular complexity index is 542. The fourth-order valence-electron chi connectivity index (χ4n) is 2.01. The van der Waals surface area contributed by atoms with Crippen molar-refractivity contribution in [2.45, 2.75) is 30.9 Å². The summed E-state index contributed by atoms with van der Waals surface area (Å²) in [5, 5.41) is 10.6. The number of thiazole rings is 1. The predicted molar refractivity (Wildman–Crippen MR) is 64.1 cm³/mol. The number of aromatic carboxylic acids is 1. The van der Waals surface area contributed by atoms with Crippen LogP contribution in [0.4, 0.5) is 0 Å². The highest BCUT2D eigenvalue weighted by atomic mass is 32.2. The van der Waals surface area contributed by atoms with Crippen molar-refractivity contribution in [1.29, 1.82) is 0 Å². The fourth-order valence-corrected chi connectivity index (χ4v) is 5.26. The van der Waals surface area contributed by atoms with Crippen LogP contribution in [-0.2, 0) is 14.6 Å². The van der Waals surface area contributed by atoms with Crippen molar-refractivity contribution in [3.63, 3.8) is 0 Å². The van der Waals surface area contributed by atoms with Gasteiger partial charge in [-0.25, -0.2) is 18.2 Å². The number of carboxylic acids is 1. The molecule has 0 atom stereocenters. The third-order valence-electron chi connectivity index (χ3n) is 3.25. The lowest BCUT2D eigenvalue weighted by atomic mass is 9.85. The lowest BCUT2D eigenvalue weighted by molar-refractivity contribution is 0.0691. The van der Waals surface area contributed by atoms with Crippen LogP contribution in [0.5, 0.6) is 0 Å². The molecule has 1 N–H and O–H groups in total. The average molecular weight is 275 g/mol. The highest BCUT2D eigenvalue weighted by Crippen LogP contribution is 2.49. The van der Waals surface area contributed by atoms with E-state index in [0.29, 0.717) is 17.8 Å². The molecule has 0 unspecified atom stereocenters. The maximum absolute atomic E-state index is 12.1. The molecule has 2 rings (SSSR count). The second kappa shape index (κ2) is 4.06. The smallest absolute Gasteiger partial charge is 0.355 e. The van der Waals surface area contributed by atoms with Crippen molar-refractivity contribution >= 4 is 27.1 Å². The molecule has 1 saturated carbocycles. The van der Waals surface area contributed by atoms with Gasteiger partial charge in [0.1, 0.15) is 9.75 Å². The first-order chi connectivity index (χ1) is 7.93. The van der Waals surface area contributed by atoms with E-state index in [1.54, 1.807) is 6.92 Å². The minimum atomic E-state index is -3.23. The monoisotopic (exact) mass is 275 g/mol. The average Bonchev–Trinajstić information content (AvgIpc) is 2.65. The standard InChI is InChI=1S/C10H13NO4S2/c1-2-17(14,15)10(4-3-5-10)9-11-7(6-16-9)8(12)13/h6H,2-5H2,1H3,(H,12,13). The Hall–Kier alpha value is -0.950. The minimum absolute atomic E-state index is 0.0645. The topological polar surface area (TPSA) is 84.3 Å². The van der Waals surface area contributed by atoms with Gasteiger partial charge in [0, 0.05) is 11.1 Å². The van der Waals surface area contributed by atoms with Crippen LogP contribution in [0.15, 0.2) is 5.38 Å². The summed E-state index contributed by atoms with van der Waals surface area (Å²) in [5.41, 5.74) is -0.0671. The normalized spacial score (nSPS) is 18.6. The number of sulfone groups is 1. The van der Waals surface area contributed by atoms with E-state index in [1.807, 2.05) is 0 Å². The molecular weight excluding hydrogens is 262 g/mol. The lowest BCUT2D eigenvalue weighted by Gasteiger charge is -2.38. The number of hydrogen-bond donors (Lipinski definition) is 1. The number of hydrogen-bond acceptors (Lipinski definition) is 5. The van der Waals surface area contributed by atoms with E-state index in [-0.39, 0.29) is 11.4 Å². The lowest BCUT2D eigenvalue weighted by Crippen LogP contribution is -2.43. The Morgan fingerprint density at radius 1 is 1.59 bits per heavy atom. The summed E-state index contributed by atoms with van der Waals surface area (Å²) in [7, 11) is -3.23. The Labute approximate surface area is 103 Å². The molecule has 17 heavy (non-hydrogen) atoms. The van der Waals surface area contributed by atoms with Crippen molar-refractivity contribution < 1.29 is 18.3 Å². The number of rotatable bonds is 4. The van der Waals surface area contributed by atoms with Crippen LogP contribution in [0.1, 0.15) is 41.7 Å². The molecule has 0 bridgehead atoms. The summed E-state index contributed by atoms with van der Waals surface area (Å²) in [6.45, 7) is 1.61. The largest absolute Gasteiger partial charge is 0.476 e. The van der Waals surface area contributed by atoms with Crippen molar-refractivity contribution in [3.8, 4) is 0 Å². The van der Waals surface area contributed by atoms with Crippen LogP contribution >= 0.6 is 11.3 Å². The number of aromatic nitrogens is 1. The maximum atomic E-state index is 12.1. The highest BCUT2D eigenvalue weighted by Gasteiger charge is 2.51. The van der Waals surface area contributed by atoms with Crippen LogP contribution in [0.25, 0.3) is 0 Å². The Morgan fingerprint density at radius 2 is 2.24 bits per heavy atom. The van der Waals surface area contributed by atoms with Gasteiger partial charge < -0.3 is 5.11 Å². The summed E-state index contributed by atoms with van der Waals surface area (Å²) in [6, 6.07) is 0. The third-order valence-corrected chi connectivity index (χ3v) is 6.98. The Balaban J connectivity index is 2.45. The molecule has 1 aromatic rings. The summed E-state index contributed by atoms with van der Waals surface area (Å²) >= 11 is 1.13. The first-order valence-electron chi connectivity index (χ1n) is 5.34. The molecule has 1 aliphatic carbocycles. The van der Waals surface area contributed by atoms with Gasteiger partial charge in [-0.05, 0) is 19.3 Å².